The number of hydrazine groups is 1. The van der Waals surface area contributed by atoms with E-state index in [1.54, 1.807) is 0 Å². The van der Waals surface area contributed by atoms with E-state index in [-0.39, 0.29) is 6.04 Å². The van der Waals surface area contributed by atoms with E-state index in [1.165, 1.54) is 5.56 Å². The summed E-state index contributed by atoms with van der Waals surface area (Å²) in [6, 6.07) is 5.18. The molecule has 0 amide bonds. The molecule has 2 aromatic heterocycles. The molecule has 150 valence electrons. The van der Waals surface area contributed by atoms with Crippen molar-refractivity contribution in [2.24, 2.45) is 13.0 Å². The van der Waals surface area contributed by atoms with Crippen molar-refractivity contribution < 1.29 is 4.74 Å². The van der Waals surface area contributed by atoms with Gasteiger partial charge in [0.2, 0.25) is 0 Å². The molecule has 0 saturated carbocycles. The second-order valence-electron chi connectivity index (χ2n) is 7.82. The number of hydrogen-bond donors (Lipinski definition) is 3. The van der Waals surface area contributed by atoms with Gasteiger partial charge >= 0.3 is 0 Å². The maximum atomic E-state index is 5.50. The lowest BCUT2D eigenvalue weighted by Crippen LogP contribution is -2.46. The van der Waals surface area contributed by atoms with Gasteiger partial charge in [-0.25, -0.2) is 10.4 Å². The highest BCUT2D eigenvalue weighted by atomic mass is 79.9. The number of rotatable bonds is 3. The summed E-state index contributed by atoms with van der Waals surface area (Å²) in [5.74, 6) is 1.49. The lowest BCUT2D eigenvalue weighted by Gasteiger charge is -2.34. The largest absolute Gasteiger partial charge is 0.378 e. The van der Waals surface area contributed by atoms with Crippen LogP contribution in [0.15, 0.2) is 29.0 Å². The number of anilines is 1. The van der Waals surface area contributed by atoms with Crippen molar-refractivity contribution in [3.8, 4) is 0 Å². The maximum absolute atomic E-state index is 5.50. The number of aromatic nitrogens is 3. The van der Waals surface area contributed by atoms with E-state index in [0.29, 0.717) is 18.0 Å². The Morgan fingerprint density at radius 1 is 1.21 bits per heavy atom. The number of ether oxygens (including phenoxy) is 1. The molecule has 0 bridgehead atoms. The molecule has 3 N–H and O–H groups in total. The molecule has 0 spiro atoms. The number of nitrogens with zero attached hydrogens (tertiary/aromatic N) is 4. The van der Waals surface area contributed by atoms with Gasteiger partial charge in [-0.3, -0.25) is 10.1 Å². The Kier molecular flexibility index (Phi) is 5.10. The first-order chi connectivity index (χ1) is 13.7. The van der Waals surface area contributed by atoms with Crippen LogP contribution < -0.4 is 21.1 Å². The first-order valence-corrected chi connectivity index (χ1v) is 10.7. The quantitative estimate of drug-likeness (QED) is 0.653. The topological polar surface area (TPSA) is 79.3 Å². The molecule has 3 fully saturated rings. The van der Waals surface area contributed by atoms with Gasteiger partial charge in [-0.05, 0) is 34.5 Å². The fourth-order valence-electron chi connectivity index (χ4n) is 4.55. The fourth-order valence-corrected chi connectivity index (χ4v) is 5.03. The molecule has 9 heteroatoms. The molecule has 2 aromatic rings. The highest BCUT2D eigenvalue weighted by molar-refractivity contribution is 9.10. The molecule has 5 rings (SSSR count). The van der Waals surface area contributed by atoms with Crippen LogP contribution in [0.25, 0.3) is 0 Å². The smallest absolute Gasteiger partial charge is 0.143 e. The SMILES string of the molecule is Cn1cc(C2CC3C(CN2)NNC3c2ccc(Br)c(N3CCOCC3)n2)cn1. The second-order valence-corrected chi connectivity index (χ2v) is 8.68. The summed E-state index contributed by atoms with van der Waals surface area (Å²) in [7, 11) is 1.97. The molecule has 3 saturated heterocycles. The Balaban J connectivity index is 1.38. The first-order valence-electron chi connectivity index (χ1n) is 9.91. The van der Waals surface area contributed by atoms with Crippen LogP contribution in [0.1, 0.15) is 29.8 Å². The summed E-state index contributed by atoms with van der Waals surface area (Å²) >= 11 is 3.69. The minimum atomic E-state index is 0.194. The highest BCUT2D eigenvalue weighted by Crippen LogP contribution is 2.39. The van der Waals surface area contributed by atoms with Gasteiger partial charge in [0.1, 0.15) is 5.82 Å². The summed E-state index contributed by atoms with van der Waals surface area (Å²) in [4.78, 5) is 7.36. The van der Waals surface area contributed by atoms with Gasteiger partial charge in [-0.15, -0.1) is 0 Å². The average Bonchev–Trinajstić information content (AvgIpc) is 3.35. The van der Waals surface area contributed by atoms with Gasteiger partial charge in [0.25, 0.3) is 0 Å². The van der Waals surface area contributed by atoms with E-state index in [1.807, 2.05) is 17.9 Å². The van der Waals surface area contributed by atoms with Crippen molar-refractivity contribution in [2.45, 2.75) is 24.5 Å². The monoisotopic (exact) mass is 447 g/mol. The van der Waals surface area contributed by atoms with Crippen LogP contribution in [-0.2, 0) is 11.8 Å². The summed E-state index contributed by atoms with van der Waals surface area (Å²) < 4.78 is 8.41. The number of piperidine rings is 1. The normalized spacial score (nSPS) is 30.4. The van der Waals surface area contributed by atoms with Crippen LogP contribution in [0.2, 0.25) is 0 Å². The molecular formula is C19H26BrN7O. The van der Waals surface area contributed by atoms with Gasteiger partial charge in [0, 0.05) is 56.4 Å². The van der Waals surface area contributed by atoms with Crippen molar-refractivity contribution in [1.29, 1.82) is 0 Å². The zero-order chi connectivity index (χ0) is 19.1. The van der Waals surface area contributed by atoms with Crippen LogP contribution >= 0.6 is 15.9 Å². The molecule has 28 heavy (non-hydrogen) atoms. The first kappa shape index (κ1) is 18.5. The van der Waals surface area contributed by atoms with E-state index < -0.39 is 0 Å². The van der Waals surface area contributed by atoms with Gasteiger partial charge in [0.15, 0.2) is 0 Å². The van der Waals surface area contributed by atoms with E-state index >= 15 is 0 Å². The third-order valence-corrected chi connectivity index (χ3v) is 6.69. The number of halogens is 1. The molecular weight excluding hydrogens is 422 g/mol. The minimum Gasteiger partial charge on any atom is -0.378 e. The van der Waals surface area contributed by atoms with Crippen molar-refractivity contribution in [3.63, 3.8) is 0 Å². The number of pyridine rings is 1. The number of morpholine rings is 1. The summed E-state index contributed by atoms with van der Waals surface area (Å²) in [6.07, 6.45) is 5.13. The van der Waals surface area contributed by atoms with Crippen LogP contribution in [0.4, 0.5) is 5.82 Å². The predicted octanol–water partition coefficient (Wildman–Crippen LogP) is 1.28. The molecule has 0 radical (unpaired) electrons. The summed E-state index contributed by atoms with van der Waals surface area (Å²) in [5.41, 5.74) is 9.34. The Bertz CT molecular complexity index is 837. The molecule has 8 nitrogen and oxygen atoms in total. The van der Waals surface area contributed by atoms with Gasteiger partial charge in [0.05, 0.1) is 35.6 Å². The summed E-state index contributed by atoms with van der Waals surface area (Å²) in [5, 5.41) is 8.00. The van der Waals surface area contributed by atoms with Crippen molar-refractivity contribution in [2.75, 3.05) is 37.7 Å². The van der Waals surface area contributed by atoms with E-state index in [4.69, 9.17) is 9.72 Å². The lowest BCUT2D eigenvalue weighted by atomic mass is 9.82. The number of hydrogen-bond acceptors (Lipinski definition) is 7. The van der Waals surface area contributed by atoms with Crippen molar-refractivity contribution in [1.82, 2.24) is 30.9 Å². The lowest BCUT2D eigenvalue weighted by molar-refractivity contribution is 0.122. The van der Waals surface area contributed by atoms with Crippen LogP contribution in [0, 0.1) is 5.92 Å². The fraction of sp³-hybridized carbons (Fsp3) is 0.579. The number of fused-ring (bicyclic) bond motifs is 1. The van der Waals surface area contributed by atoms with Crippen LogP contribution in [0.5, 0.6) is 0 Å². The highest BCUT2D eigenvalue weighted by Gasteiger charge is 2.42. The average molecular weight is 448 g/mol. The second kappa shape index (κ2) is 7.72. The Morgan fingerprint density at radius 3 is 2.86 bits per heavy atom. The zero-order valence-electron chi connectivity index (χ0n) is 15.9. The standard InChI is InChI=1S/C19H26BrN7O/c1-26-11-12(9-22-26)16-8-13-17(10-21-16)24-25-18(13)15-3-2-14(20)19(23-15)27-4-6-28-7-5-27/h2-3,9,11,13,16-18,21,24-25H,4-8,10H2,1H3. The Hall–Kier alpha value is -1.52. The van der Waals surface area contributed by atoms with E-state index in [2.05, 4.69) is 60.4 Å². The number of aryl methyl sites for hydroxylation is 1. The van der Waals surface area contributed by atoms with Gasteiger partial charge in [-0.1, -0.05) is 0 Å². The molecule has 0 aromatic carbocycles. The molecule has 5 heterocycles. The van der Waals surface area contributed by atoms with Crippen molar-refractivity contribution >= 4 is 21.7 Å². The van der Waals surface area contributed by atoms with Gasteiger partial charge in [-0.2, -0.15) is 5.10 Å². The van der Waals surface area contributed by atoms with E-state index in [9.17, 15) is 0 Å². The molecule has 0 aliphatic carbocycles. The molecule has 4 atom stereocenters. The van der Waals surface area contributed by atoms with E-state index in [0.717, 1.165) is 55.3 Å². The zero-order valence-corrected chi connectivity index (χ0v) is 17.5. The molecule has 3 aliphatic rings. The maximum Gasteiger partial charge on any atom is 0.143 e. The van der Waals surface area contributed by atoms with Gasteiger partial charge < -0.3 is 15.0 Å². The van der Waals surface area contributed by atoms with Crippen LogP contribution in [-0.4, -0.2) is 53.7 Å². The Morgan fingerprint density at radius 2 is 2.07 bits per heavy atom. The predicted molar refractivity (Wildman–Crippen MR) is 110 cm³/mol. The third-order valence-electron chi connectivity index (χ3n) is 6.07. The molecule has 3 aliphatic heterocycles. The van der Waals surface area contributed by atoms with Crippen molar-refractivity contribution in [3.05, 3.63) is 40.3 Å². The summed E-state index contributed by atoms with van der Waals surface area (Å²) in [6.45, 7) is 4.20. The Labute approximate surface area is 173 Å². The minimum absolute atomic E-state index is 0.194. The third kappa shape index (κ3) is 3.46. The van der Waals surface area contributed by atoms with Crippen LogP contribution in [0.3, 0.4) is 0 Å². The number of nitrogens with one attached hydrogen (secondary N) is 3. The molecule has 4 unspecified atom stereocenters.